The average molecular weight is 283 g/mol. The number of carbonyl (C=O) groups is 3. The highest BCUT2D eigenvalue weighted by atomic mass is 16.2. The molecule has 0 saturated carbocycles. The summed E-state index contributed by atoms with van der Waals surface area (Å²) in [7, 11) is 0. The highest BCUT2D eigenvalue weighted by Crippen LogP contribution is 2.28. The van der Waals surface area contributed by atoms with Crippen LogP contribution in [-0.2, 0) is 9.59 Å². The second-order valence-electron chi connectivity index (χ2n) is 5.17. The van der Waals surface area contributed by atoms with E-state index >= 15 is 0 Å². The van der Waals surface area contributed by atoms with Crippen molar-refractivity contribution in [2.75, 3.05) is 6.54 Å². The normalized spacial score (nSPS) is 17.6. The van der Waals surface area contributed by atoms with Gasteiger partial charge in [0.25, 0.3) is 5.91 Å². The molecule has 0 atom stereocenters. The monoisotopic (exact) mass is 283 g/mol. The summed E-state index contributed by atoms with van der Waals surface area (Å²) < 4.78 is 0. The van der Waals surface area contributed by atoms with Gasteiger partial charge >= 0.3 is 6.03 Å². The van der Waals surface area contributed by atoms with Crippen LogP contribution in [0.25, 0.3) is 0 Å². The zero-order valence-electron chi connectivity index (χ0n) is 12.8. The van der Waals surface area contributed by atoms with Crippen LogP contribution in [0.3, 0.4) is 0 Å². The molecule has 1 saturated heterocycles. The van der Waals surface area contributed by atoms with Crippen molar-refractivity contribution in [3.05, 3.63) is 0 Å². The molecule has 1 fully saturated rings. The van der Waals surface area contributed by atoms with E-state index in [0.717, 1.165) is 12.8 Å². The molecular formula is C14H25N3O3. The minimum Gasteiger partial charge on any atom is -0.352 e. The molecule has 0 bridgehead atoms. The maximum Gasteiger partial charge on any atom is 0.325 e. The first-order chi connectivity index (χ1) is 9.44. The lowest BCUT2D eigenvalue weighted by atomic mass is 9.91. The highest BCUT2D eigenvalue weighted by molar-refractivity contribution is 6.08. The topological polar surface area (TPSA) is 78.5 Å². The fourth-order valence-electron chi connectivity index (χ4n) is 2.68. The first-order valence-corrected chi connectivity index (χ1v) is 7.37. The Morgan fingerprint density at radius 3 is 2.20 bits per heavy atom. The van der Waals surface area contributed by atoms with Crippen molar-refractivity contribution in [1.29, 1.82) is 0 Å². The molecule has 6 nitrogen and oxygen atoms in total. The van der Waals surface area contributed by atoms with Gasteiger partial charge in [-0.3, -0.25) is 14.9 Å². The standard InChI is InChI=1S/C14H25N3O3/c1-5-10(6-2)15-11(18)9-17-13(20)16-12(19)14(17,7-3)8-4/h10H,5-9H2,1-4H3,(H,15,18)(H,16,19,20). The van der Waals surface area contributed by atoms with E-state index < -0.39 is 11.6 Å². The van der Waals surface area contributed by atoms with Crippen molar-refractivity contribution >= 4 is 17.8 Å². The van der Waals surface area contributed by atoms with Crippen molar-refractivity contribution in [3.8, 4) is 0 Å². The van der Waals surface area contributed by atoms with Gasteiger partial charge in [-0.15, -0.1) is 0 Å². The van der Waals surface area contributed by atoms with E-state index in [-0.39, 0.29) is 24.4 Å². The Bertz CT molecular complexity index is 387. The van der Waals surface area contributed by atoms with E-state index in [1.54, 1.807) is 0 Å². The predicted octanol–water partition coefficient (Wildman–Crippen LogP) is 1.40. The Morgan fingerprint density at radius 2 is 1.75 bits per heavy atom. The van der Waals surface area contributed by atoms with Crippen molar-refractivity contribution in [1.82, 2.24) is 15.5 Å². The number of nitrogens with one attached hydrogen (secondary N) is 2. The second-order valence-corrected chi connectivity index (χ2v) is 5.17. The summed E-state index contributed by atoms with van der Waals surface area (Å²) in [6.07, 6.45) is 2.69. The number of imide groups is 1. The van der Waals surface area contributed by atoms with Gasteiger partial charge in [0.2, 0.25) is 5.91 Å². The molecule has 1 aliphatic heterocycles. The average Bonchev–Trinajstić information content (AvgIpc) is 2.67. The quantitative estimate of drug-likeness (QED) is 0.693. The van der Waals surface area contributed by atoms with Crippen LogP contribution < -0.4 is 10.6 Å². The number of hydrogen-bond acceptors (Lipinski definition) is 3. The summed E-state index contributed by atoms with van der Waals surface area (Å²) in [5.74, 6) is -0.516. The third-order valence-electron chi connectivity index (χ3n) is 4.23. The molecule has 20 heavy (non-hydrogen) atoms. The molecular weight excluding hydrogens is 258 g/mol. The molecule has 2 N–H and O–H groups in total. The maximum atomic E-state index is 12.1. The predicted molar refractivity (Wildman–Crippen MR) is 76.1 cm³/mol. The summed E-state index contributed by atoms with van der Waals surface area (Å²) in [4.78, 5) is 37.3. The van der Waals surface area contributed by atoms with Gasteiger partial charge in [0, 0.05) is 6.04 Å². The number of urea groups is 1. The molecule has 1 aliphatic rings. The van der Waals surface area contributed by atoms with E-state index in [2.05, 4.69) is 10.6 Å². The number of nitrogens with zero attached hydrogens (tertiary/aromatic N) is 1. The number of rotatable bonds is 7. The van der Waals surface area contributed by atoms with Gasteiger partial charge in [-0.25, -0.2) is 4.79 Å². The highest BCUT2D eigenvalue weighted by Gasteiger charge is 2.50. The van der Waals surface area contributed by atoms with Gasteiger partial charge in [0.05, 0.1) is 0 Å². The summed E-state index contributed by atoms with van der Waals surface area (Å²) in [5, 5.41) is 5.21. The molecule has 114 valence electrons. The van der Waals surface area contributed by atoms with Gasteiger partial charge in [-0.1, -0.05) is 27.7 Å². The fraction of sp³-hybridized carbons (Fsp3) is 0.786. The lowest BCUT2D eigenvalue weighted by molar-refractivity contribution is -0.129. The Morgan fingerprint density at radius 1 is 1.20 bits per heavy atom. The Balaban J connectivity index is 2.80. The van der Waals surface area contributed by atoms with Crippen molar-refractivity contribution in [3.63, 3.8) is 0 Å². The van der Waals surface area contributed by atoms with Crippen molar-refractivity contribution in [2.45, 2.75) is 65.0 Å². The summed E-state index contributed by atoms with van der Waals surface area (Å²) >= 11 is 0. The Hall–Kier alpha value is -1.59. The molecule has 1 heterocycles. The van der Waals surface area contributed by atoms with E-state index in [0.29, 0.717) is 12.8 Å². The van der Waals surface area contributed by atoms with E-state index in [1.165, 1.54) is 4.90 Å². The first-order valence-electron chi connectivity index (χ1n) is 7.37. The molecule has 0 radical (unpaired) electrons. The molecule has 6 heteroatoms. The molecule has 0 unspecified atom stereocenters. The van der Waals surface area contributed by atoms with E-state index in [9.17, 15) is 14.4 Å². The molecule has 0 aromatic heterocycles. The lowest BCUT2D eigenvalue weighted by Crippen LogP contribution is -2.53. The van der Waals surface area contributed by atoms with Crippen LogP contribution in [0.4, 0.5) is 4.79 Å². The molecule has 0 aliphatic carbocycles. The Kier molecular flexibility index (Phi) is 5.53. The summed E-state index contributed by atoms with van der Waals surface area (Å²) in [5.41, 5.74) is -0.887. The maximum absolute atomic E-state index is 12.1. The minimum absolute atomic E-state index is 0.0737. The smallest absolute Gasteiger partial charge is 0.325 e. The molecule has 4 amide bonds. The SMILES string of the molecule is CCC(CC)NC(=O)CN1C(=O)NC(=O)C1(CC)CC. The second kappa shape index (κ2) is 6.72. The van der Waals surface area contributed by atoms with Crippen LogP contribution >= 0.6 is 0 Å². The zero-order valence-corrected chi connectivity index (χ0v) is 12.8. The molecule has 1 rings (SSSR count). The minimum atomic E-state index is -0.887. The van der Waals surface area contributed by atoms with Crippen molar-refractivity contribution in [2.24, 2.45) is 0 Å². The van der Waals surface area contributed by atoms with Gasteiger partial charge in [0.1, 0.15) is 12.1 Å². The van der Waals surface area contributed by atoms with E-state index in [4.69, 9.17) is 0 Å². The van der Waals surface area contributed by atoms with Crippen LogP contribution in [0.15, 0.2) is 0 Å². The number of carbonyl (C=O) groups excluding carboxylic acids is 3. The third-order valence-corrected chi connectivity index (χ3v) is 4.23. The summed E-state index contributed by atoms with van der Waals surface area (Å²) in [6, 6.07) is -0.361. The van der Waals surface area contributed by atoms with Crippen molar-refractivity contribution < 1.29 is 14.4 Å². The largest absolute Gasteiger partial charge is 0.352 e. The van der Waals surface area contributed by atoms with Gasteiger partial charge in [-0.2, -0.15) is 0 Å². The summed E-state index contributed by atoms with van der Waals surface area (Å²) in [6.45, 7) is 7.64. The fourth-order valence-corrected chi connectivity index (χ4v) is 2.68. The van der Waals surface area contributed by atoms with Crippen LogP contribution in [0, 0.1) is 0 Å². The van der Waals surface area contributed by atoms with E-state index in [1.807, 2.05) is 27.7 Å². The zero-order chi connectivity index (χ0) is 15.3. The molecule has 0 aromatic carbocycles. The number of hydrogen-bond donors (Lipinski definition) is 2. The van der Waals surface area contributed by atoms with Gasteiger partial charge in [-0.05, 0) is 25.7 Å². The van der Waals surface area contributed by atoms with Crippen LogP contribution in [-0.4, -0.2) is 40.9 Å². The van der Waals surface area contributed by atoms with Crippen LogP contribution in [0.5, 0.6) is 0 Å². The number of amides is 4. The first kappa shape index (κ1) is 16.5. The molecule has 0 spiro atoms. The lowest BCUT2D eigenvalue weighted by Gasteiger charge is -2.33. The van der Waals surface area contributed by atoms with Gasteiger partial charge in [0.15, 0.2) is 0 Å². The van der Waals surface area contributed by atoms with Crippen LogP contribution in [0.2, 0.25) is 0 Å². The Labute approximate surface area is 120 Å². The van der Waals surface area contributed by atoms with Crippen LogP contribution in [0.1, 0.15) is 53.4 Å². The van der Waals surface area contributed by atoms with Gasteiger partial charge < -0.3 is 10.2 Å². The third kappa shape index (κ3) is 2.94. The molecule has 0 aromatic rings.